The molecule has 1 aliphatic heterocycles. The van der Waals surface area contributed by atoms with Crippen LogP contribution in [0.5, 0.6) is 0 Å². The number of carbonyl (C=O) groups excluding carboxylic acids is 2. The largest absolute Gasteiger partial charge is 0.469 e. The number of nitrogens with zero attached hydrogens (tertiary/aromatic N) is 1. The Balaban J connectivity index is 1.56. The maximum atomic E-state index is 12.6. The molecule has 3 rings (SSSR count). The molecule has 1 aliphatic rings. The lowest BCUT2D eigenvalue weighted by Gasteiger charge is -2.31. The van der Waals surface area contributed by atoms with Crippen LogP contribution >= 0.6 is 0 Å². The number of hydrogen-bond acceptors (Lipinski definition) is 3. The van der Waals surface area contributed by atoms with Gasteiger partial charge in [-0.25, -0.2) is 4.79 Å². The molecule has 1 aromatic carbocycles. The lowest BCUT2D eigenvalue weighted by atomic mass is 9.98. The monoisotopic (exact) mass is 355 g/mol. The highest BCUT2D eigenvalue weighted by atomic mass is 16.3. The first-order valence-electron chi connectivity index (χ1n) is 8.99. The summed E-state index contributed by atoms with van der Waals surface area (Å²) in [6.07, 6.45) is 4.03. The minimum Gasteiger partial charge on any atom is -0.469 e. The van der Waals surface area contributed by atoms with Gasteiger partial charge in [-0.05, 0) is 49.1 Å². The zero-order valence-electron chi connectivity index (χ0n) is 15.2. The van der Waals surface area contributed by atoms with Gasteiger partial charge in [0.25, 0.3) is 0 Å². The van der Waals surface area contributed by atoms with Gasteiger partial charge in [-0.2, -0.15) is 0 Å². The van der Waals surface area contributed by atoms with E-state index in [-0.39, 0.29) is 18.0 Å². The van der Waals surface area contributed by atoms with E-state index in [1.165, 1.54) is 6.92 Å². The number of rotatable bonds is 5. The van der Waals surface area contributed by atoms with Crippen molar-refractivity contribution in [3.05, 3.63) is 53.5 Å². The van der Waals surface area contributed by atoms with Gasteiger partial charge in [0.2, 0.25) is 5.91 Å². The summed E-state index contributed by atoms with van der Waals surface area (Å²) in [5.74, 6) is 0.854. The van der Waals surface area contributed by atoms with Crippen molar-refractivity contribution in [1.29, 1.82) is 0 Å². The molecule has 1 unspecified atom stereocenters. The van der Waals surface area contributed by atoms with Crippen molar-refractivity contribution in [2.24, 2.45) is 0 Å². The second-order valence-corrected chi connectivity index (χ2v) is 6.76. The molecular weight excluding hydrogens is 330 g/mol. The first-order valence-corrected chi connectivity index (χ1v) is 8.99. The minimum atomic E-state index is -0.0797. The second-order valence-electron chi connectivity index (χ2n) is 6.76. The van der Waals surface area contributed by atoms with E-state index in [0.717, 1.165) is 41.8 Å². The Labute approximate surface area is 153 Å². The van der Waals surface area contributed by atoms with Crippen LogP contribution in [0.3, 0.4) is 0 Å². The van der Waals surface area contributed by atoms with Gasteiger partial charge in [-0.3, -0.25) is 4.79 Å². The average Bonchev–Trinajstić information content (AvgIpc) is 3.13. The zero-order valence-corrected chi connectivity index (χ0v) is 15.2. The molecule has 138 valence electrons. The smallest absolute Gasteiger partial charge is 0.317 e. The molecule has 2 N–H and O–H groups in total. The number of carbonyl (C=O) groups is 2. The molecule has 0 radical (unpaired) electrons. The molecule has 3 amide bonds. The summed E-state index contributed by atoms with van der Waals surface area (Å²) in [6, 6.07) is 9.68. The van der Waals surface area contributed by atoms with Crippen molar-refractivity contribution in [3.63, 3.8) is 0 Å². The van der Waals surface area contributed by atoms with Crippen LogP contribution in [-0.4, -0.2) is 29.4 Å². The maximum Gasteiger partial charge on any atom is 0.317 e. The van der Waals surface area contributed by atoms with E-state index < -0.39 is 0 Å². The lowest BCUT2D eigenvalue weighted by Crippen LogP contribution is -2.46. The number of fused-ring (bicyclic) bond motifs is 1. The molecule has 6 heteroatoms. The fourth-order valence-corrected chi connectivity index (χ4v) is 3.28. The van der Waals surface area contributed by atoms with Gasteiger partial charge in [0.1, 0.15) is 5.76 Å². The van der Waals surface area contributed by atoms with Gasteiger partial charge in [0, 0.05) is 38.2 Å². The van der Waals surface area contributed by atoms with E-state index >= 15 is 0 Å². The van der Waals surface area contributed by atoms with E-state index in [4.69, 9.17) is 4.42 Å². The van der Waals surface area contributed by atoms with Crippen LogP contribution in [0.1, 0.15) is 37.2 Å². The molecule has 0 saturated carbocycles. The summed E-state index contributed by atoms with van der Waals surface area (Å²) in [5, 5.41) is 5.94. The molecule has 2 aromatic rings. The Hall–Kier alpha value is -2.76. The molecule has 1 aromatic heterocycles. The quantitative estimate of drug-likeness (QED) is 0.864. The van der Waals surface area contributed by atoms with Gasteiger partial charge < -0.3 is 20.0 Å². The van der Waals surface area contributed by atoms with Crippen LogP contribution in [0.25, 0.3) is 0 Å². The van der Waals surface area contributed by atoms with Crippen molar-refractivity contribution in [1.82, 2.24) is 10.2 Å². The van der Waals surface area contributed by atoms with Crippen molar-refractivity contribution >= 4 is 17.6 Å². The molecule has 2 heterocycles. The molecular formula is C20H25N3O3. The van der Waals surface area contributed by atoms with E-state index in [1.807, 2.05) is 42.2 Å². The number of nitrogens with one attached hydrogen (secondary N) is 2. The normalized spacial score (nSPS) is 14.5. The Morgan fingerprint density at radius 3 is 2.85 bits per heavy atom. The highest BCUT2D eigenvalue weighted by Crippen LogP contribution is 2.26. The van der Waals surface area contributed by atoms with Crippen LogP contribution in [-0.2, 0) is 24.2 Å². The summed E-state index contributed by atoms with van der Waals surface area (Å²) in [7, 11) is 0. The Morgan fingerprint density at radius 2 is 2.12 bits per heavy atom. The first-order chi connectivity index (χ1) is 12.5. The number of urea groups is 1. The number of hydrogen-bond donors (Lipinski definition) is 2. The third-order valence-corrected chi connectivity index (χ3v) is 4.64. The van der Waals surface area contributed by atoms with E-state index in [9.17, 15) is 9.59 Å². The Morgan fingerprint density at radius 1 is 1.27 bits per heavy atom. The predicted molar refractivity (Wildman–Crippen MR) is 99.9 cm³/mol. The van der Waals surface area contributed by atoms with Crippen LogP contribution in [0.2, 0.25) is 0 Å². The minimum absolute atomic E-state index is 0.0486. The van der Waals surface area contributed by atoms with E-state index in [2.05, 4.69) is 10.6 Å². The summed E-state index contributed by atoms with van der Waals surface area (Å²) >= 11 is 0. The van der Waals surface area contributed by atoms with Crippen LogP contribution < -0.4 is 10.6 Å². The molecule has 1 atom stereocenters. The lowest BCUT2D eigenvalue weighted by molar-refractivity contribution is -0.114. The molecule has 0 aliphatic carbocycles. The van der Waals surface area contributed by atoms with Crippen LogP contribution in [0.15, 0.2) is 41.0 Å². The van der Waals surface area contributed by atoms with Crippen molar-refractivity contribution in [2.75, 3.05) is 11.9 Å². The number of furan rings is 1. The fourth-order valence-electron chi connectivity index (χ4n) is 3.28. The predicted octanol–water partition coefficient (Wildman–Crippen LogP) is 3.33. The topological polar surface area (TPSA) is 74.6 Å². The van der Waals surface area contributed by atoms with Gasteiger partial charge in [-0.15, -0.1) is 0 Å². The SMILES string of the molecule is CC(=O)Nc1cccc2c1CCN(C(=O)NC(C)CCc1ccco1)C2. The highest BCUT2D eigenvalue weighted by Gasteiger charge is 2.23. The molecule has 0 fully saturated rings. The highest BCUT2D eigenvalue weighted by molar-refractivity contribution is 5.90. The summed E-state index contributed by atoms with van der Waals surface area (Å²) < 4.78 is 5.33. The molecule has 26 heavy (non-hydrogen) atoms. The third-order valence-electron chi connectivity index (χ3n) is 4.64. The number of amides is 3. The molecule has 0 saturated heterocycles. The fraction of sp³-hybridized carbons (Fsp3) is 0.400. The van der Waals surface area contributed by atoms with E-state index in [0.29, 0.717) is 13.1 Å². The number of anilines is 1. The third kappa shape index (κ3) is 4.45. The number of aryl methyl sites for hydroxylation is 1. The average molecular weight is 355 g/mol. The van der Waals surface area contributed by atoms with Crippen molar-refractivity contribution < 1.29 is 14.0 Å². The molecule has 6 nitrogen and oxygen atoms in total. The Bertz CT molecular complexity index is 771. The first kappa shape index (κ1) is 18.0. The zero-order chi connectivity index (χ0) is 18.5. The standard InChI is InChI=1S/C20H25N3O3/c1-14(8-9-17-6-4-12-26-17)21-20(25)23-11-10-18-16(13-23)5-3-7-19(18)22-15(2)24/h3-7,12,14H,8-11,13H2,1-2H3,(H,21,25)(H,22,24). The Kier molecular flexibility index (Phi) is 5.61. The van der Waals surface area contributed by atoms with Gasteiger partial charge >= 0.3 is 6.03 Å². The van der Waals surface area contributed by atoms with Crippen molar-refractivity contribution in [3.8, 4) is 0 Å². The van der Waals surface area contributed by atoms with Gasteiger partial charge in [0.15, 0.2) is 0 Å². The summed E-state index contributed by atoms with van der Waals surface area (Å²) in [6.45, 7) is 4.71. The number of benzene rings is 1. The van der Waals surface area contributed by atoms with Gasteiger partial charge in [-0.1, -0.05) is 12.1 Å². The van der Waals surface area contributed by atoms with Gasteiger partial charge in [0.05, 0.1) is 6.26 Å². The van der Waals surface area contributed by atoms with Crippen molar-refractivity contribution in [2.45, 2.75) is 45.7 Å². The second kappa shape index (κ2) is 8.08. The summed E-state index contributed by atoms with van der Waals surface area (Å²) in [4.78, 5) is 25.7. The van der Waals surface area contributed by atoms with Crippen LogP contribution in [0.4, 0.5) is 10.5 Å². The van der Waals surface area contributed by atoms with Crippen LogP contribution in [0, 0.1) is 0 Å². The maximum absolute atomic E-state index is 12.6. The summed E-state index contributed by atoms with van der Waals surface area (Å²) in [5.41, 5.74) is 3.06. The van der Waals surface area contributed by atoms with E-state index in [1.54, 1.807) is 6.26 Å². The molecule has 0 spiro atoms. The molecule has 0 bridgehead atoms.